The van der Waals surface area contributed by atoms with Crippen LogP contribution >= 0.6 is 0 Å². The molecule has 1 saturated heterocycles. The first kappa shape index (κ1) is 16.2. The molecular formula is C17H16N6O3S. The molecule has 0 amide bonds. The largest absolute Gasteiger partial charge is 0.368 e. The van der Waals surface area contributed by atoms with Gasteiger partial charge in [-0.1, -0.05) is 6.07 Å². The van der Waals surface area contributed by atoms with E-state index < -0.39 is 10.0 Å². The molecule has 0 bridgehead atoms. The maximum absolute atomic E-state index is 13.3. The average molecular weight is 384 g/mol. The molecule has 0 atom stereocenters. The summed E-state index contributed by atoms with van der Waals surface area (Å²) in [5, 5.41) is 10.8. The molecule has 5 rings (SSSR count). The Labute approximate surface area is 154 Å². The van der Waals surface area contributed by atoms with E-state index in [-0.39, 0.29) is 10.4 Å². The predicted octanol–water partition coefficient (Wildman–Crippen LogP) is 1.22. The number of hydrogen-bond donors (Lipinski definition) is 1. The number of hydrogen-bond acceptors (Lipinski definition) is 8. The molecule has 1 aliphatic heterocycles. The summed E-state index contributed by atoms with van der Waals surface area (Å²) in [6, 6.07) is 8.33. The Balaban J connectivity index is 1.66. The molecular weight excluding hydrogens is 368 g/mol. The lowest BCUT2D eigenvalue weighted by atomic mass is 10.3. The van der Waals surface area contributed by atoms with E-state index in [9.17, 15) is 8.42 Å². The van der Waals surface area contributed by atoms with E-state index in [0.29, 0.717) is 16.6 Å². The van der Waals surface area contributed by atoms with Crippen molar-refractivity contribution in [2.75, 3.05) is 31.1 Å². The molecule has 0 radical (unpaired) electrons. The Morgan fingerprint density at radius 1 is 1.07 bits per heavy atom. The highest BCUT2D eigenvalue weighted by molar-refractivity contribution is 7.90. The van der Waals surface area contributed by atoms with Gasteiger partial charge >= 0.3 is 0 Å². The molecule has 1 aliphatic rings. The van der Waals surface area contributed by atoms with Crippen molar-refractivity contribution in [3.05, 3.63) is 42.7 Å². The van der Waals surface area contributed by atoms with Crippen LogP contribution in [0, 0.1) is 0 Å². The lowest BCUT2D eigenvalue weighted by Gasteiger charge is -2.29. The summed E-state index contributed by atoms with van der Waals surface area (Å²) in [6.07, 6.45) is 3.30. The van der Waals surface area contributed by atoms with Gasteiger partial charge in [0, 0.05) is 32.4 Å². The van der Waals surface area contributed by atoms with Crippen LogP contribution in [-0.2, 0) is 10.0 Å². The SMILES string of the molecule is O=S(=O)(c1cccc2nonc12)n1ccc2ncc(N3CCNCC3)cc21. The second-order valence-electron chi connectivity index (χ2n) is 6.34. The first-order valence-corrected chi connectivity index (χ1v) is 9.98. The zero-order valence-corrected chi connectivity index (χ0v) is 15.1. The normalized spacial score (nSPS) is 15.6. The minimum absolute atomic E-state index is 0.0475. The molecule has 9 nitrogen and oxygen atoms in total. The van der Waals surface area contributed by atoms with E-state index >= 15 is 0 Å². The zero-order chi connectivity index (χ0) is 18.4. The van der Waals surface area contributed by atoms with Crippen molar-refractivity contribution in [1.29, 1.82) is 0 Å². The molecule has 27 heavy (non-hydrogen) atoms. The summed E-state index contributed by atoms with van der Waals surface area (Å²) in [5.41, 5.74) is 2.65. The third-order valence-electron chi connectivity index (χ3n) is 4.76. The molecule has 0 saturated carbocycles. The van der Waals surface area contributed by atoms with E-state index in [2.05, 4.69) is 25.5 Å². The fourth-order valence-electron chi connectivity index (χ4n) is 3.38. The van der Waals surface area contributed by atoms with E-state index in [1.54, 1.807) is 24.4 Å². The van der Waals surface area contributed by atoms with E-state index in [4.69, 9.17) is 4.63 Å². The van der Waals surface area contributed by atoms with Gasteiger partial charge in [0.1, 0.15) is 10.4 Å². The van der Waals surface area contributed by atoms with Crippen LogP contribution in [0.1, 0.15) is 0 Å². The number of rotatable bonds is 3. The van der Waals surface area contributed by atoms with Crippen molar-refractivity contribution >= 4 is 37.8 Å². The number of fused-ring (bicyclic) bond motifs is 2. The quantitative estimate of drug-likeness (QED) is 0.562. The van der Waals surface area contributed by atoms with Crippen molar-refractivity contribution < 1.29 is 13.0 Å². The van der Waals surface area contributed by atoms with Gasteiger partial charge in [-0.2, -0.15) is 0 Å². The van der Waals surface area contributed by atoms with Gasteiger partial charge < -0.3 is 10.2 Å². The van der Waals surface area contributed by atoms with Crippen LogP contribution < -0.4 is 10.2 Å². The number of aromatic nitrogens is 4. The highest BCUT2D eigenvalue weighted by Crippen LogP contribution is 2.27. The highest BCUT2D eigenvalue weighted by Gasteiger charge is 2.24. The minimum atomic E-state index is -3.88. The second kappa shape index (κ2) is 6.03. The molecule has 10 heteroatoms. The summed E-state index contributed by atoms with van der Waals surface area (Å²) in [6.45, 7) is 3.48. The van der Waals surface area contributed by atoms with Gasteiger partial charge in [0.15, 0.2) is 5.52 Å². The summed E-state index contributed by atoms with van der Waals surface area (Å²) < 4.78 is 32.6. The van der Waals surface area contributed by atoms with Crippen LogP contribution in [0.2, 0.25) is 0 Å². The number of nitrogens with one attached hydrogen (secondary N) is 1. The maximum Gasteiger partial charge on any atom is 0.270 e. The maximum atomic E-state index is 13.3. The van der Waals surface area contributed by atoms with Gasteiger partial charge in [-0.15, -0.1) is 0 Å². The summed E-state index contributed by atoms with van der Waals surface area (Å²) in [7, 11) is -3.88. The number of benzene rings is 1. The van der Waals surface area contributed by atoms with Gasteiger partial charge in [0.25, 0.3) is 10.0 Å². The Hall–Kier alpha value is -2.98. The number of anilines is 1. The van der Waals surface area contributed by atoms with Crippen molar-refractivity contribution in [2.24, 2.45) is 0 Å². The van der Waals surface area contributed by atoms with Gasteiger partial charge in [0.2, 0.25) is 0 Å². The molecule has 0 spiro atoms. The molecule has 1 fully saturated rings. The first-order valence-electron chi connectivity index (χ1n) is 8.54. The van der Waals surface area contributed by atoms with Crippen LogP contribution in [0.3, 0.4) is 0 Å². The highest BCUT2D eigenvalue weighted by atomic mass is 32.2. The molecule has 1 N–H and O–H groups in total. The van der Waals surface area contributed by atoms with E-state index in [1.807, 2.05) is 6.07 Å². The molecule has 4 heterocycles. The fourth-order valence-corrected chi connectivity index (χ4v) is 4.85. The Morgan fingerprint density at radius 2 is 1.93 bits per heavy atom. The number of pyridine rings is 1. The zero-order valence-electron chi connectivity index (χ0n) is 14.2. The van der Waals surface area contributed by atoms with Crippen molar-refractivity contribution in [3.63, 3.8) is 0 Å². The molecule has 138 valence electrons. The smallest absolute Gasteiger partial charge is 0.270 e. The van der Waals surface area contributed by atoms with Crippen LogP contribution in [0.4, 0.5) is 5.69 Å². The number of piperazine rings is 1. The predicted molar refractivity (Wildman–Crippen MR) is 99.2 cm³/mol. The standard InChI is InChI=1S/C17H16N6O3S/c24-27(25,16-3-1-2-14-17(16)21-26-20-14)23-7-4-13-15(23)10-12(11-19-13)22-8-5-18-6-9-22/h1-4,7,10-11,18H,5-6,8-9H2. The average Bonchev–Trinajstić information content (AvgIpc) is 3.34. The lowest BCUT2D eigenvalue weighted by Crippen LogP contribution is -2.43. The van der Waals surface area contributed by atoms with Crippen molar-refractivity contribution in [3.8, 4) is 0 Å². The van der Waals surface area contributed by atoms with E-state index in [0.717, 1.165) is 31.9 Å². The molecule has 0 aliphatic carbocycles. The summed E-state index contributed by atoms with van der Waals surface area (Å²) in [5.74, 6) is 0. The summed E-state index contributed by atoms with van der Waals surface area (Å²) >= 11 is 0. The van der Waals surface area contributed by atoms with Crippen LogP contribution in [0.25, 0.3) is 22.1 Å². The molecule has 0 unspecified atom stereocenters. The Bertz CT molecular complexity index is 1240. The van der Waals surface area contributed by atoms with Crippen LogP contribution in [-0.4, -0.2) is 53.9 Å². The van der Waals surface area contributed by atoms with Crippen LogP contribution in [0.15, 0.2) is 52.3 Å². The third kappa shape index (κ3) is 2.56. The molecule has 3 aromatic heterocycles. The first-order chi connectivity index (χ1) is 13.1. The topological polar surface area (TPSA) is 106 Å². The third-order valence-corrected chi connectivity index (χ3v) is 6.48. The van der Waals surface area contributed by atoms with Crippen molar-refractivity contribution in [1.82, 2.24) is 24.6 Å². The second-order valence-corrected chi connectivity index (χ2v) is 8.12. The Kier molecular flexibility index (Phi) is 3.62. The van der Waals surface area contributed by atoms with Crippen LogP contribution in [0.5, 0.6) is 0 Å². The lowest BCUT2D eigenvalue weighted by molar-refractivity contribution is 0.315. The van der Waals surface area contributed by atoms with E-state index in [1.165, 1.54) is 16.2 Å². The molecule has 1 aromatic carbocycles. The van der Waals surface area contributed by atoms with Crippen molar-refractivity contribution in [2.45, 2.75) is 4.90 Å². The Morgan fingerprint density at radius 3 is 2.78 bits per heavy atom. The summed E-state index contributed by atoms with van der Waals surface area (Å²) in [4.78, 5) is 6.68. The van der Waals surface area contributed by atoms with Gasteiger partial charge in [-0.05, 0) is 34.6 Å². The van der Waals surface area contributed by atoms with Gasteiger partial charge in [-0.3, -0.25) is 4.98 Å². The number of nitrogens with zero attached hydrogens (tertiary/aromatic N) is 5. The fraction of sp³-hybridized carbons (Fsp3) is 0.235. The minimum Gasteiger partial charge on any atom is -0.368 e. The molecule has 4 aromatic rings. The monoisotopic (exact) mass is 384 g/mol. The van der Waals surface area contributed by atoms with Gasteiger partial charge in [-0.25, -0.2) is 17.0 Å². The van der Waals surface area contributed by atoms with Gasteiger partial charge in [0.05, 0.1) is 22.9 Å².